The lowest BCUT2D eigenvalue weighted by atomic mass is 10.1. The number of benzene rings is 2. The highest BCUT2D eigenvalue weighted by atomic mass is 16.5. The molecule has 0 bridgehead atoms. The van der Waals surface area contributed by atoms with E-state index in [-0.39, 0.29) is 24.9 Å². The predicted octanol–water partition coefficient (Wildman–Crippen LogP) is 1.35. The third-order valence-electron chi connectivity index (χ3n) is 3.92. The van der Waals surface area contributed by atoms with Crippen LogP contribution in [0.2, 0.25) is 0 Å². The number of quaternary nitrogens is 1. The smallest absolute Gasteiger partial charge is 0.279 e. The van der Waals surface area contributed by atoms with Crippen LogP contribution in [0.5, 0.6) is 5.75 Å². The van der Waals surface area contributed by atoms with Gasteiger partial charge >= 0.3 is 0 Å². The number of carbonyl (C=O) groups excluding carboxylic acids is 2. The van der Waals surface area contributed by atoms with Gasteiger partial charge in [0.15, 0.2) is 13.1 Å². The standard InChI is InChI=1S/C20H25N3O3/c1-4-15-6-5-7-17(12-15)22-20(25)14-23(2)13-19(24)21-16-8-10-18(26-3)11-9-16/h5-12H,4,13-14H2,1-3H3,(H,21,24)(H,22,25)/p+1. The van der Waals surface area contributed by atoms with Crippen LogP contribution in [0.3, 0.4) is 0 Å². The molecule has 0 saturated heterocycles. The quantitative estimate of drug-likeness (QED) is 0.669. The molecule has 0 fully saturated rings. The summed E-state index contributed by atoms with van der Waals surface area (Å²) in [5.74, 6) is 0.469. The van der Waals surface area contributed by atoms with Crippen molar-refractivity contribution in [2.75, 3.05) is 37.9 Å². The largest absolute Gasteiger partial charge is 0.497 e. The molecular weight excluding hydrogens is 330 g/mol. The Balaban J connectivity index is 1.79. The summed E-state index contributed by atoms with van der Waals surface area (Å²) in [7, 11) is 3.41. The van der Waals surface area contributed by atoms with E-state index >= 15 is 0 Å². The van der Waals surface area contributed by atoms with Crippen molar-refractivity contribution in [2.45, 2.75) is 13.3 Å². The molecule has 0 spiro atoms. The molecule has 1 atom stereocenters. The molecule has 6 heteroatoms. The Labute approximate surface area is 154 Å². The molecule has 0 saturated carbocycles. The predicted molar refractivity (Wildman–Crippen MR) is 103 cm³/mol. The Bertz CT molecular complexity index is 744. The highest BCUT2D eigenvalue weighted by Crippen LogP contribution is 2.14. The summed E-state index contributed by atoms with van der Waals surface area (Å²) in [6.45, 7) is 2.49. The lowest BCUT2D eigenvalue weighted by Crippen LogP contribution is -3.11. The highest BCUT2D eigenvalue weighted by Gasteiger charge is 2.14. The summed E-state index contributed by atoms with van der Waals surface area (Å²) in [4.78, 5) is 25.1. The third-order valence-corrected chi connectivity index (χ3v) is 3.92. The van der Waals surface area contributed by atoms with Gasteiger partial charge in [-0.1, -0.05) is 19.1 Å². The number of hydrogen-bond acceptors (Lipinski definition) is 3. The Morgan fingerprint density at radius 1 is 0.962 bits per heavy atom. The Kier molecular flexibility index (Phi) is 7.17. The first-order chi connectivity index (χ1) is 12.5. The maximum absolute atomic E-state index is 12.2. The fraction of sp³-hybridized carbons (Fsp3) is 0.300. The highest BCUT2D eigenvalue weighted by molar-refractivity contribution is 5.93. The molecule has 0 aliphatic rings. The van der Waals surface area contributed by atoms with Gasteiger partial charge in [0, 0.05) is 11.4 Å². The second-order valence-electron chi connectivity index (χ2n) is 6.19. The van der Waals surface area contributed by atoms with Crippen molar-refractivity contribution in [3.05, 3.63) is 54.1 Å². The summed E-state index contributed by atoms with van der Waals surface area (Å²) in [5, 5.41) is 5.69. The van der Waals surface area contributed by atoms with E-state index in [9.17, 15) is 9.59 Å². The van der Waals surface area contributed by atoms with Gasteiger partial charge in [-0.25, -0.2) is 0 Å². The minimum atomic E-state index is -0.145. The molecule has 2 aromatic carbocycles. The molecule has 0 radical (unpaired) electrons. The van der Waals surface area contributed by atoms with Gasteiger partial charge in [-0.15, -0.1) is 0 Å². The number of methoxy groups -OCH3 is 1. The number of likely N-dealkylation sites (N-methyl/N-ethyl adjacent to an activating group) is 1. The van der Waals surface area contributed by atoms with Crippen molar-refractivity contribution in [1.82, 2.24) is 0 Å². The van der Waals surface area contributed by atoms with E-state index in [4.69, 9.17) is 4.74 Å². The lowest BCUT2D eigenvalue weighted by Gasteiger charge is -2.14. The summed E-state index contributed by atoms with van der Waals surface area (Å²) in [5.41, 5.74) is 2.65. The van der Waals surface area contributed by atoms with Crippen molar-refractivity contribution in [2.24, 2.45) is 0 Å². The molecule has 2 aromatic rings. The average Bonchev–Trinajstić information content (AvgIpc) is 2.62. The van der Waals surface area contributed by atoms with E-state index in [1.54, 1.807) is 31.4 Å². The number of ether oxygens (including phenoxy) is 1. The van der Waals surface area contributed by atoms with Gasteiger partial charge < -0.3 is 20.3 Å². The van der Waals surface area contributed by atoms with Crippen molar-refractivity contribution in [1.29, 1.82) is 0 Å². The first kappa shape index (κ1) is 19.5. The van der Waals surface area contributed by atoms with Gasteiger partial charge in [0.1, 0.15) is 5.75 Å². The van der Waals surface area contributed by atoms with Crippen molar-refractivity contribution in [3.63, 3.8) is 0 Å². The number of anilines is 2. The molecule has 6 nitrogen and oxygen atoms in total. The molecule has 1 unspecified atom stereocenters. The second kappa shape index (κ2) is 9.58. The Morgan fingerprint density at radius 3 is 2.15 bits per heavy atom. The summed E-state index contributed by atoms with van der Waals surface area (Å²) in [6.07, 6.45) is 0.917. The number of amides is 2. The van der Waals surface area contributed by atoms with Crippen LogP contribution in [0.15, 0.2) is 48.5 Å². The van der Waals surface area contributed by atoms with E-state index in [0.29, 0.717) is 5.69 Å². The van der Waals surface area contributed by atoms with Crippen LogP contribution < -0.4 is 20.3 Å². The van der Waals surface area contributed by atoms with E-state index in [2.05, 4.69) is 17.6 Å². The van der Waals surface area contributed by atoms with Crippen LogP contribution in [0.25, 0.3) is 0 Å². The van der Waals surface area contributed by atoms with Gasteiger partial charge in [-0.05, 0) is 48.4 Å². The van der Waals surface area contributed by atoms with Crippen molar-refractivity contribution < 1.29 is 19.2 Å². The maximum Gasteiger partial charge on any atom is 0.279 e. The SMILES string of the molecule is CCc1cccc(NC(=O)C[NH+](C)CC(=O)Nc2ccc(OC)cc2)c1. The second-order valence-corrected chi connectivity index (χ2v) is 6.19. The van der Waals surface area contributed by atoms with Gasteiger partial charge in [-0.2, -0.15) is 0 Å². The zero-order chi connectivity index (χ0) is 18.9. The molecule has 0 heterocycles. The average molecular weight is 356 g/mol. The van der Waals surface area contributed by atoms with Gasteiger partial charge in [0.25, 0.3) is 11.8 Å². The molecule has 26 heavy (non-hydrogen) atoms. The van der Waals surface area contributed by atoms with Crippen LogP contribution >= 0.6 is 0 Å². The fourth-order valence-electron chi connectivity index (χ4n) is 2.56. The zero-order valence-electron chi connectivity index (χ0n) is 15.5. The molecule has 0 aliphatic carbocycles. The zero-order valence-corrected chi connectivity index (χ0v) is 15.5. The van der Waals surface area contributed by atoms with Crippen LogP contribution in [-0.4, -0.2) is 39.1 Å². The van der Waals surface area contributed by atoms with Crippen LogP contribution in [0.1, 0.15) is 12.5 Å². The summed E-state index contributed by atoms with van der Waals surface area (Å²) >= 11 is 0. The van der Waals surface area contributed by atoms with Crippen LogP contribution in [-0.2, 0) is 16.0 Å². The Morgan fingerprint density at radius 2 is 1.58 bits per heavy atom. The Hall–Kier alpha value is -2.86. The summed E-state index contributed by atoms with van der Waals surface area (Å²) < 4.78 is 5.08. The molecule has 138 valence electrons. The summed E-state index contributed by atoms with van der Waals surface area (Å²) in [6, 6.07) is 14.9. The number of aryl methyl sites for hydroxylation is 1. The minimum absolute atomic E-state index is 0.118. The van der Waals surface area contributed by atoms with Crippen molar-refractivity contribution >= 4 is 23.2 Å². The molecule has 0 aliphatic heterocycles. The molecule has 3 N–H and O–H groups in total. The molecular formula is C20H26N3O3+. The topological polar surface area (TPSA) is 71.9 Å². The number of hydrogen-bond donors (Lipinski definition) is 3. The first-order valence-electron chi connectivity index (χ1n) is 8.64. The van der Waals surface area contributed by atoms with Crippen LogP contribution in [0, 0.1) is 0 Å². The third kappa shape index (κ3) is 6.22. The van der Waals surface area contributed by atoms with E-state index < -0.39 is 0 Å². The first-order valence-corrected chi connectivity index (χ1v) is 8.64. The number of carbonyl (C=O) groups is 2. The lowest BCUT2D eigenvalue weighted by molar-refractivity contribution is -0.862. The van der Waals surface area contributed by atoms with Gasteiger partial charge in [0.2, 0.25) is 0 Å². The monoisotopic (exact) mass is 356 g/mol. The molecule has 2 amide bonds. The number of rotatable bonds is 8. The van der Waals surface area contributed by atoms with Crippen molar-refractivity contribution in [3.8, 4) is 5.75 Å². The van der Waals surface area contributed by atoms with Gasteiger partial charge in [0.05, 0.1) is 14.2 Å². The minimum Gasteiger partial charge on any atom is -0.497 e. The van der Waals surface area contributed by atoms with E-state index in [1.807, 2.05) is 31.3 Å². The van der Waals surface area contributed by atoms with E-state index in [0.717, 1.165) is 22.8 Å². The maximum atomic E-state index is 12.2. The molecule has 0 aromatic heterocycles. The van der Waals surface area contributed by atoms with Gasteiger partial charge in [-0.3, -0.25) is 9.59 Å². The molecule has 2 rings (SSSR count). The normalized spacial score (nSPS) is 11.5. The van der Waals surface area contributed by atoms with Crippen LogP contribution in [0.4, 0.5) is 11.4 Å². The number of nitrogens with one attached hydrogen (secondary N) is 3. The fourth-order valence-corrected chi connectivity index (χ4v) is 2.56. The van der Waals surface area contributed by atoms with E-state index in [1.165, 1.54) is 5.56 Å².